The number of nitriles is 1. The molecule has 0 unspecified atom stereocenters. The molecular formula is C28H19Br2Cl2N3O. The molecule has 0 N–H and O–H groups in total. The smallest absolute Gasteiger partial charge is 0.211 e. The van der Waals surface area contributed by atoms with Gasteiger partial charge in [0.1, 0.15) is 17.5 Å². The predicted molar refractivity (Wildman–Crippen MR) is 150 cm³/mol. The molecule has 1 aliphatic rings. The van der Waals surface area contributed by atoms with Crippen LogP contribution in [0.3, 0.4) is 0 Å². The van der Waals surface area contributed by atoms with Gasteiger partial charge < -0.3 is 0 Å². The van der Waals surface area contributed by atoms with Gasteiger partial charge in [0, 0.05) is 36.9 Å². The number of carbonyl (C=O) groups is 1. The Kier molecular flexibility index (Phi) is 8.92. The monoisotopic (exact) mass is 641 g/mol. The molecule has 0 atom stereocenters. The van der Waals surface area contributed by atoms with E-state index in [1.807, 2.05) is 42.5 Å². The highest BCUT2D eigenvalue weighted by Crippen LogP contribution is 2.27. The molecule has 0 fully saturated rings. The molecule has 36 heavy (non-hydrogen) atoms. The second-order valence-electron chi connectivity index (χ2n) is 8.19. The largest absolute Gasteiger partial charge is 0.287 e. The third kappa shape index (κ3) is 6.60. The predicted octanol–water partition coefficient (Wildman–Crippen LogP) is 7.98. The van der Waals surface area contributed by atoms with Crippen molar-refractivity contribution in [2.24, 2.45) is 0 Å². The summed E-state index contributed by atoms with van der Waals surface area (Å²) in [4.78, 5) is 20.8. The molecule has 180 valence electrons. The number of hydrogen-bond acceptors (Lipinski definition) is 4. The van der Waals surface area contributed by atoms with E-state index in [9.17, 15) is 4.79 Å². The molecule has 0 saturated carbocycles. The van der Waals surface area contributed by atoms with E-state index in [2.05, 4.69) is 47.9 Å². The summed E-state index contributed by atoms with van der Waals surface area (Å²) >= 11 is 18.7. The number of ketones is 1. The number of halogens is 4. The highest BCUT2D eigenvalue weighted by Gasteiger charge is 2.22. The Morgan fingerprint density at radius 3 is 2.36 bits per heavy atom. The summed E-state index contributed by atoms with van der Waals surface area (Å²) in [6.07, 6.45) is 6.54. The number of benzene rings is 2. The number of carbonyl (C=O) groups excluding carboxylic acids is 1. The average Bonchev–Trinajstić information content (AvgIpc) is 2.99. The third-order valence-corrected chi connectivity index (χ3v) is 7.07. The molecule has 5 rings (SSSR count). The first-order valence-electron chi connectivity index (χ1n) is 11.1. The van der Waals surface area contributed by atoms with Crippen LogP contribution in [-0.4, -0.2) is 15.8 Å². The maximum atomic E-state index is 12.4. The van der Waals surface area contributed by atoms with Gasteiger partial charge in [-0.25, -0.2) is 4.98 Å². The Hall–Kier alpha value is -2.56. The van der Waals surface area contributed by atoms with Crippen LogP contribution in [-0.2, 0) is 25.7 Å². The van der Waals surface area contributed by atoms with Crippen LogP contribution in [0.15, 0.2) is 75.9 Å². The van der Waals surface area contributed by atoms with Crippen LogP contribution in [0.1, 0.15) is 44.0 Å². The molecule has 2 aromatic carbocycles. The van der Waals surface area contributed by atoms with Crippen LogP contribution in [0.4, 0.5) is 0 Å². The van der Waals surface area contributed by atoms with Crippen LogP contribution in [0.2, 0.25) is 10.0 Å². The summed E-state index contributed by atoms with van der Waals surface area (Å²) in [6.45, 7) is 0. The van der Waals surface area contributed by atoms with Gasteiger partial charge >= 0.3 is 0 Å². The van der Waals surface area contributed by atoms with Crippen LogP contribution in [0.5, 0.6) is 0 Å². The molecule has 2 heterocycles. The molecule has 0 spiro atoms. The van der Waals surface area contributed by atoms with E-state index in [-0.39, 0.29) is 5.78 Å². The van der Waals surface area contributed by atoms with E-state index in [1.165, 1.54) is 0 Å². The van der Waals surface area contributed by atoms with Crippen LogP contribution < -0.4 is 0 Å². The van der Waals surface area contributed by atoms with E-state index in [0.29, 0.717) is 22.0 Å². The van der Waals surface area contributed by atoms with Crippen molar-refractivity contribution in [3.8, 4) is 6.07 Å². The molecular weight excluding hydrogens is 625 g/mol. The highest BCUT2D eigenvalue weighted by molar-refractivity contribution is 9.10. The standard InChI is InChI=1S/C14H10BrClN2.C14H9BrClNO/c15-12-7-11(14(8-17)18-9-12)5-4-10-2-1-3-13(16)6-10;15-10-5-9-2-1-8-6-11(16)3-4-12(8)14(18)13(9)17-7-10/h1-3,6-7,9H,4-5H2;3-7H,1-2H2. The van der Waals surface area contributed by atoms with Gasteiger partial charge in [-0.15, -0.1) is 0 Å². The second kappa shape index (κ2) is 12.1. The first kappa shape index (κ1) is 26.5. The van der Waals surface area contributed by atoms with Gasteiger partial charge in [0.25, 0.3) is 0 Å². The normalized spacial score (nSPS) is 11.9. The fraction of sp³-hybridized carbons (Fsp3) is 0.143. The molecule has 0 amide bonds. The summed E-state index contributed by atoms with van der Waals surface area (Å²) in [5.41, 5.74) is 5.86. The molecule has 2 aromatic heterocycles. The van der Waals surface area contributed by atoms with Gasteiger partial charge in [-0.05, 0) is 122 Å². The molecule has 0 aliphatic heterocycles. The number of aryl methyl sites for hydroxylation is 4. The molecule has 4 aromatic rings. The van der Waals surface area contributed by atoms with Gasteiger partial charge in [0.05, 0.1) is 0 Å². The lowest BCUT2D eigenvalue weighted by molar-refractivity contribution is 0.103. The minimum atomic E-state index is -0.0123. The van der Waals surface area contributed by atoms with Gasteiger partial charge in [-0.2, -0.15) is 5.26 Å². The van der Waals surface area contributed by atoms with Crippen molar-refractivity contribution in [3.63, 3.8) is 0 Å². The van der Waals surface area contributed by atoms with Crippen molar-refractivity contribution in [2.45, 2.75) is 25.7 Å². The zero-order chi connectivity index (χ0) is 25.7. The fourth-order valence-corrected chi connectivity index (χ4v) is 5.17. The van der Waals surface area contributed by atoms with Crippen molar-refractivity contribution in [2.75, 3.05) is 0 Å². The third-order valence-electron chi connectivity index (χ3n) is 5.74. The minimum absolute atomic E-state index is 0.0123. The van der Waals surface area contributed by atoms with E-state index in [0.717, 1.165) is 61.9 Å². The van der Waals surface area contributed by atoms with Crippen LogP contribution in [0.25, 0.3) is 0 Å². The number of pyridine rings is 2. The Labute approximate surface area is 236 Å². The van der Waals surface area contributed by atoms with Gasteiger partial charge in [-0.3, -0.25) is 9.78 Å². The molecule has 0 saturated heterocycles. The van der Waals surface area contributed by atoms with Gasteiger partial charge in [0.2, 0.25) is 5.78 Å². The molecule has 0 bridgehead atoms. The lowest BCUT2D eigenvalue weighted by atomic mass is 10.0. The molecule has 8 heteroatoms. The summed E-state index contributed by atoms with van der Waals surface area (Å²) in [7, 11) is 0. The summed E-state index contributed by atoms with van der Waals surface area (Å²) in [5.74, 6) is -0.0123. The SMILES string of the molecule is N#Cc1ncc(Br)cc1CCc1cccc(Cl)c1.O=C1c2ccc(Cl)cc2CCc2cc(Br)cnc21. The first-order valence-corrected chi connectivity index (χ1v) is 13.4. The Morgan fingerprint density at radius 2 is 1.58 bits per heavy atom. The summed E-state index contributed by atoms with van der Waals surface area (Å²) in [5, 5.41) is 10.4. The molecule has 0 radical (unpaired) electrons. The van der Waals surface area contributed by atoms with E-state index < -0.39 is 0 Å². The zero-order valence-electron chi connectivity index (χ0n) is 18.9. The second-order valence-corrected chi connectivity index (χ2v) is 10.9. The van der Waals surface area contributed by atoms with Crippen molar-refractivity contribution in [1.29, 1.82) is 5.26 Å². The Balaban J connectivity index is 0.000000169. The molecule has 4 nitrogen and oxygen atoms in total. The van der Waals surface area contributed by atoms with E-state index in [4.69, 9.17) is 28.5 Å². The summed E-state index contributed by atoms with van der Waals surface area (Å²) < 4.78 is 1.79. The maximum absolute atomic E-state index is 12.4. The van der Waals surface area contributed by atoms with E-state index >= 15 is 0 Å². The summed E-state index contributed by atoms with van der Waals surface area (Å²) in [6, 6.07) is 19.2. The number of nitrogens with zero attached hydrogens (tertiary/aromatic N) is 3. The van der Waals surface area contributed by atoms with Crippen molar-refractivity contribution in [3.05, 3.63) is 125 Å². The van der Waals surface area contributed by atoms with Crippen molar-refractivity contribution in [1.82, 2.24) is 9.97 Å². The minimum Gasteiger partial charge on any atom is -0.287 e. The lowest BCUT2D eigenvalue weighted by Crippen LogP contribution is -2.06. The Bertz CT molecular complexity index is 1430. The quantitative estimate of drug-likeness (QED) is 0.227. The number of aromatic nitrogens is 2. The maximum Gasteiger partial charge on any atom is 0.211 e. The van der Waals surface area contributed by atoms with Gasteiger partial charge in [0.15, 0.2) is 0 Å². The van der Waals surface area contributed by atoms with E-state index in [1.54, 1.807) is 24.5 Å². The topological polar surface area (TPSA) is 66.6 Å². The highest BCUT2D eigenvalue weighted by atomic mass is 79.9. The average molecular weight is 644 g/mol. The number of fused-ring (bicyclic) bond motifs is 2. The number of hydrogen-bond donors (Lipinski definition) is 0. The lowest BCUT2D eigenvalue weighted by Gasteiger charge is -2.05. The van der Waals surface area contributed by atoms with Crippen LogP contribution >= 0.6 is 55.1 Å². The molecule has 1 aliphatic carbocycles. The Morgan fingerprint density at radius 1 is 0.861 bits per heavy atom. The van der Waals surface area contributed by atoms with Crippen LogP contribution in [0, 0.1) is 11.3 Å². The zero-order valence-corrected chi connectivity index (χ0v) is 23.6. The van der Waals surface area contributed by atoms with Crippen molar-refractivity contribution < 1.29 is 4.79 Å². The first-order chi connectivity index (χ1) is 17.3. The van der Waals surface area contributed by atoms with Gasteiger partial charge in [-0.1, -0.05) is 35.3 Å². The fourth-order valence-electron chi connectivity index (χ4n) is 4.01. The number of rotatable bonds is 3. The van der Waals surface area contributed by atoms with Crippen molar-refractivity contribution >= 4 is 60.8 Å².